The Morgan fingerprint density at radius 3 is 2.70 bits per heavy atom. The van der Waals surface area contributed by atoms with Gasteiger partial charge in [-0.25, -0.2) is 4.39 Å². The lowest BCUT2D eigenvalue weighted by Gasteiger charge is -2.03. The summed E-state index contributed by atoms with van der Waals surface area (Å²) >= 11 is 0. The largest absolute Gasteiger partial charge is 0.469 e. The molecule has 0 unspecified atom stereocenters. The zero-order chi connectivity index (χ0) is 7.56. The van der Waals surface area contributed by atoms with Crippen molar-refractivity contribution >= 4 is 5.97 Å². The molecule has 0 saturated heterocycles. The maximum atomic E-state index is 12.5. The summed E-state index contributed by atoms with van der Waals surface area (Å²) < 4.78 is 16.9. The molecule has 2 nitrogen and oxygen atoms in total. The third kappa shape index (κ3) is 1.46. The highest BCUT2D eigenvalue weighted by Crippen LogP contribution is 2.28. The Morgan fingerprint density at radius 1 is 1.60 bits per heavy atom. The SMILES string of the molecule is COC(=O)[C@@H]1CC[C@H](F)C1. The fourth-order valence-corrected chi connectivity index (χ4v) is 1.31. The van der Waals surface area contributed by atoms with Crippen LogP contribution in [0.1, 0.15) is 19.3 Å². The third-order valence-corrected chi connectivity index (χ3v) is 1.90. The lowest BCUT2D eigenvalue weighted by molar-refractivity contribution is -0.145. The molecule has 0 radical (unpaired) electrons. The molecular weight excluding hydrogens is 135 g/mol. The Balaban J connectivity index is 2.37. The Kier molecular flexibility index (Phi) is 2.25. The zero-order valence-corrected chi connectivity index (χ0v) is 5.97. The van der Waals surface area contributed by atoms with E-state index in [4.69, 9.17) is 0 Å². The summed E-state index contributed by atoms with van der Waals surface area (Å²) in [4.78, 5) is 10.8. The smallest absolute Gasteiger partial charge is 0.308 e. The van der Waals surface area contributed by atoms with Gasteiger partial charge in [-0.3, -0.25) is 4.79 Å². The lowest BCUT2D eigenvalue weighted by atomic mass is 10.1. The first-order valence-corrected chi connectivity index (χ1v) is 3.46. The minimum atomic E-state index is -0.788. The van der Waals surface area contributed by atoms with Gasteiger partial charge in [-0.05, 0) is 19.3 Å². The monoisotopic (exact) mass is 146 g/mol. The van der Waals surface area contributed by atoms with Gasteiger partial charge < -0.3 is 4.74 Å². The Bertz CT molecular complexity index is 136. The minimum absolute atomic E-state index is 0.181. The first-order valence-electron chi connectivity index (χ1n) is 3.46. The molecule has 10 heavy (non-hydrogen) atoms. The molecule has 0 spiro atoms. The van der Waals surface area contributed by atoms with E-state index in [2.05, 4.69) is 4.74 Å². The van der Waals surface area contributed by atoms with Crippen LogP contribution in [0.2, 0.25) is 0 Å². The minimum Gasteiger partial charge on any atom is -0.469 e. The second kappa shape index (κ2) is 2.99. The van der Waals surface area contributed by atoms with Crippen molar-refractivity contribution in [3.05, 3.63) is 0 Å². The molecule has 3 heteroatoms. The molecular formula is C7H11FO2. The molecule has 1 saturated carbocycles. The molecule has 0 aromatic rings. The first kappa shape index (κ1) is 7.51. The van der Waals surface area contributed by atoms with E-state index in [-0.39, 0.29) is 11.9 Å². The first-order chi connectivity index (χ1) is 4.74. The number of esters is 1. The van der Waals surface area contributed by atoms with Crippen LogP contribution in [-0.2, 0) is 9.53 Å². The highest BCUT2D eigenvalue weighted by atomic mass is 19.1. The summed E-state index contributed by atoms with van der Waals surface area (Å²) in [5, 5.41) is 0. The number of rotatable bonds is 1. The Hall–Kier alpha value is -0.600. The number of hydrogen-bond acceptors (Lipinski definition) is 2. The maximum absolute atomic E-state index is 12.5. The van der Waals surface area contributed by atoms with Crippen molar-refractivity contribution in [3.8, 4) is 0 Å². The number of methoxy groups -OCH3 is 1. The predicted molar refractivity (Wildman–Crippen MR) is 34.3 cm³/mol. The molecule has 0 heterocycles. The number of halogens is 1. The summed E-state index contributed by atoms with van der Waals surface area (Å²) in [6.45, 7) is 0. The van der Waals surface area contributed by atoms with Gasteiger partial charge in [0.25, 0.3) is 0 Å². The molecule has 58 valence electrons. The lowest BCUT2D eigenvalue weighted by Crippen LogP contribution is -2.12. The summed E-state index contributed by atoms with van der Waals surface area (Å²) in [6, 6.07) is 0. The van der Waals surface area contributed by atoms with Crippen LogP contribution in [0.25, 0.3) is 0 Å². The van der Waals surface area contributed by atoms with Crippen LogP contribution in [-0.4, -0.2) is 19.3 Å². The van der Waals surface area contributed by atoms with Crippen molar-refractivity contribution in [3.63, 3.8) is 0 Å². The van der Waals surface area contributed by atoms with Gasteiger partial charge in [0.2, 0.25) is 0 Å². The number of alkyl halides is 1. The standard InChI is InChI=1S/C7H11FO2/c1-10-7(9)5-2-3-6(8)4-5/h5-6H,2-4H2,1H3/t5-,6+/m1/s1. The van der Waals surface area contributed by atoms with Crippen molar-refractivity contribution in [2.45, 2.75) is 25.4 Å². The normalized spacial score (nSPS) is 32.2. The third-order valence-electron chi connectivity index (χ3n) is 1.90. The van der Waals surface area contributed by atoms with Gasteiger partial charge >= 0.3 is 5.97 Å². The quantitative estimate of drug-likeness (QED) is 0.521. The predicted octanol–water partition coefficient (Wildman–Crippen LogP) is 1.30. The maximum Gasteiger partial charge on any atom is 0.308 e. The van der Waals surface area contributed by atoms with Crippen molar-refractivity contribution in [2.75, 3.05) is 7.11 Å². The molecule has 1 rings (SSSR count). The Labute approximate surface area is 59.4 Å². The van der Waals surface area contributed by atoms with Crippen LogP contribution in [0.4, 0.5) is 4.39 Å². The van der Waals surface area contributed by atoms with Gasteiger partial charge in [0.05, 0.1) is 13.0 Å². The molecule has 0 N–H and O–H groups in total. The van der Waals surface area contributed by atoms with Crippen LogP contribution >= 0.6 is 0 Å². The van der Waals surface area contributed by atoms with Gasteiger partial charge in [0.1, 0.15) is 6.17 Å². The van der Waals surface area contributed by atoms with Crippen LogP contribution in [0, 0.1) is 5.92 Å². The van der Waals surface area contributed by atoms with Crippen molar-refractivity contribution in [2.24, 2.45) is 5.92 Å². The molecule has 0 aromatic heterocycles. The number of carbonyl (C=O) groups is 1. The average Bonchev–Trinajstić information content (AvgIpc) is 2.34. The van der Waals surface area contributed by atoms with Crippen molar-refractivity contribution in [1.29, 1.82) is 0 Å². The van der Waals surface area contributed by atoms with Crippen LogP contribution in [0.5, 0.6) is 0 Å². The molecule has 1 aliphatic rings. The number of carbonyl (C=O) groups excluding carboxylic acids is 1. The van der Waals surface area contributed by atoms with Gasteiger partial charge in [-0.2, -0.15) is 0 Å². The van der Waals surface area contributed by atoms with Crippen LogP contribution < -0.4 is 0 Å². The second-order valence-corrected chi connectivity index (χ2v) is 2.63. The van der Waals surface area contributed by atoms with Crippen molar-refractivity contribution in [1.82, 2.24) is 0 Å². The molecule has 2 atom stereocenters. The fraction of sp³-hybridized carbons (Fsp3) is 0.857. The molecule has 0 aliphatic heterocycles. The van der Waals surface area contributed by atoms with Gasteiger partial charge in [0, 0.05) is 0 Å². The van der Waals surface area contributed by atoms with Crippen LogP contribution in [0.15, 0.2) is 0 Å². The highest BCUT2D eigenvalue weighted by molar-refractivity contribution is 5.72. The zero-order valence-electron chi connectivity index (χ0n) is 5.97. The summed E-state index contributed by atoms with van der Waals surface area (Å²) in [7, 11) is 1.34. The second-order valence-electron chi connectivity index (χ2n) is 2.63. The number of ether oxygens (including phenoxy) is 1. The highest BCUT2D eigenvalue weighted by Gasteiger charge is 2.30. The van der Waals surface area contributed by atoms with Gasteiger partial charge in [-0.15, -0.1) is 0 Å². The topological polar surface area (TPSA) is 26.3 Å². The van der Waals surface area contributed by atoms with Crippen molar-refractivity contribution < 1.29 is 13.9 Å². The van der Waals surface area contributed by atoms with E-state index in [9.17, 15) is 9.18 Å². The fourth-order valence-electron chi connectivity index (χ4n) is 1.31. The van der Waals surface area contributed by atoms with Gasteiger partial charge in [0.15, 0.2) is 0 Å². The van der Waals surface area contributed by atoms with E-state index >= 15 is 0 Å². The molecule has 1 aliphatic carbocycles. The number of hydrogen-bond donors (Lipinski definition) is 0. The van der Waals surface area contributed by atoms with E-state index in [0.29, 0.717) is 19.3 Å². The van der Waals surface area contributed by atoms with E-state index < -0.39 is 6.17 Å². The van der Waals surface area contributed by atoms with E-state index in [1.165, 1.54) is 7.11 Å². The summed E-state index contributed by atoms with van der Waals surface area (Å²) in [5.41, 5.74) is 0. The Morgan fingerprint density at radius 2 is 2.30 bits per heavy atom. The van der Waals surface area contributed by atoms with E-state index in [0.717, 1.165) is 0 Å². The molecule has 0 bridgehead atoms. The van der Waals surface area contributed by atoms with Crippen LogP contribution in [0.3, 0.4) is 0 Å². The molecule has 1 fully saturated rings. The summed E-state index contributed by atoms with van der Waals surface area (Å²) in [5.74, 6) is -0.444. The average molecular weight is 146 g/mol. The van der Waals surface area contributed by atoms with E-state index in [1.807, 2.05) is 0 Å². The molecule has 0 amide bonds. The summed E-state index contributed by atoms with van der Waals surface area (Å²) in [6.07, 6.45) is 0.726. The van der Waals surface area contributed by atoms with E-state index in [1.54, 1.807) is 0 Å². The van der Waals surface area contributed by atoms with Gasteiger partial charge in [-0.1, -0.05) is 0 Å². The molecule has 0 aromatic carbocycles.